The molecule has 0 saturated carbocycles. The van der Waals surface area contributed by atoms with Crippen LogP contribution in [0.5, 0.6) is 11.5 Å². The van der Waals surface area contributed by atoms with Gasteiger partial charge in [0, 0.05) is 11.3 Å². The number of methoxy groups -OCH3 is 2. The summed E-state index contributed by atoms with van der Waals surface area (Å²) in [6.07, 6.45) is 0.902. The summed E-state index contributed by atoms with van der Waals surface area (Å²) in [5.41, 5.74) is 10.0. The summed E-state index contributed by atoms with van der Waals surface area (Å²) in [5, 5.41) is 0. The van der Waals surface area contributed by atoms with Crippen molar-refractivity contribution < 1.29 is 9.47 Å². The Kier molecular flexibility index (Phi) is 4.55. The molecule has 0 atom stereocenters. The second-order valence-electron chi connectivity index (χ2n) is 4.43. The molecule has 0 unspecified atom stereocenters. The van der Waals surface area contributed by atoms with Gasteiger partial charge in [0.25, 0.3) is 0 Å². The lowest BCUT2D eigenvalue weighted by Gasteiger charge is -2.14. The first-order valence-corrected chi connectivity index (χ1v) is 7.20. The highest BCUT2D eigenvalue weighted by molar-refractivity contribution is 9.10. The normalized spacial score (nSPS) is 10.4. The zero-order valence-electron chi connectivity index (χ0n) is 11.9. The molecule has 2 N–H and O–H groups in total. The molecule has 0 aliphatic rings. The van der Waals surface area contributed by atoms with Gasteiger partial charge in [-0.25, -0.2) is 0 Å². The molecule has 0 aliphatic heterocycles. The number of halogens is 1. The molecule has 4 heteroatoms. The molecule has 3 nitrogen and oxygen atoms in total. The zero-order chi connectivity index (χ0) is 14.7. The number of hydrogen-bond acceptors (Lipinski definition) is 3. The molecule has 0 aromatic heterocycles. The molecule has 20 heavy (non-hydrogen) atoms. The highest BCUT2D eigenvalue weighted by atomic mass is 79.9. The Morgan fingerprint density at radius 1 is 1.10 bits per heavy atom. The minimum absolute atomic E-state index is 0.747. The molecule has 2 aromatic carbocycles. The first-order valence-electron chi connectivity index (χ1n) is 6.41. The van der Waals surface area contributed by atoms with E-state index in [0.717, 1.165) is 44.8 Å². The molecule has 0 spiro atoms. The number of aryl methyl sites for hydroxylation is 1. The lowest BCUT2D eigenvalue weighted by Crippen LogP contribution is -1.96. The topological polar surface area (TPSA) is 44.5 Å². The first-order chi connectivity index (χ1) is 9.62. The largest absolute Gasteiger partial charge is 0.495 e. The molecule has 0 amide bonds. The third-order valence-electron chi connectivity index (χ3n) is 3.32. The van der Waals surface area contributed by atoms with E-state index in [0.29, 0.717) is 0 Å². The van der Waals surface area contributed by atoms with E-state index in [1.165, 1.54) is 0 Å². The lowest BCUT2D eigenvalue weighted by molar-refractivity contribution is 0.390. The number of ether oxygens (including phenoxy) is 2. The fraction of sp³-hybridized carbons (Fsp3) is 0.250. The van der Waals surface area contributed by atoms with Crippen LogP contribution in [0.4, 0.5) is 5.69 Å². The third kappa shape index (κ3) is 2.61. The van der Waals surface area contributed by atoms with Crippen LogP contribution in [-0.4, -0.2) is 14.2 Å². The van der Waals surface area contributed by atoms with Crippen molar-refractivity contribution in [3.63, 3.8) is 0 Å². The molecule has 106 valence electrons. The van der Waals surface area contributed by atoms with Gasteiger partial charge >= 0.3 is 0 Å². The van der Waals surface area contributed by atoms with Crippen molar-refractivity contribution in [2.24, 2.45) is 0 Å². The van der Waals surface area contributed by atoms with Gasteiger partial charge in [-0.15, -0.1) is 0 Å². The van der Waals surface area contributed by atoms with Gasteiger partial charge in [-0.3, -0.25) is 0 Å². The fourth-order valence-corrected chi connectivity index (χ4v) is 2.87. The van der Waals surface area contributed by atoms with Crippen molar-refractivity contribution in [2.75, 3.05) is 20.0 Å². The number of rotatable bonds is 4. The summed E-state index contributed by atoms with van der Waals surface area (Å²) >= 11 is 3.53. The number of nitrogen functional groups attached to an aromatic ring is 1. The van der Waals surface area contributed by atoms with Gasteiger partial charge in [0.1, 0.15) is 16.0 Å². The smallest absolute Gasteiger partial charge is 0.144 e. The first kappa shape index (κ1) is 14.7. The maximum Gasteiger partial charge on any atom is 0.144 e. The molecular formula is C16H18BrNO2. The SMILES string of the molecule is CCc1cc(-c2ccc(OC)c(Br)c2OC)ccc1N. The predicted octanol–water partition coefficient (Wildman–Crippen LogP) is 4.28. The number of hydrogen-bond donors (Lipinski definition) is 1. The lowest BCUT2D eigenvalue weighted by atomic mass is 10.00. The van der Waals surface area contributed by atoms with Gasteiger partial charge in [-0.2, -0.15) is 0 Å². The van der Waals surface area contributed by atoms with Gasteiger partial charge in [0.15, 0.2) is 0 Å². The molecule has 0 fully saturated rings. The van der Waals surface area contributed by atoms with Crippen LogP contribution in [0.1, 0.15) is 12.5 Å². The summed E-state index contributed by atoms with van der Waals surface area (Å²) in [4.78, 5) is 0. The van der Waals surface area contributed by atoms with Crippen molar-refractivity contribution in [3.05, 3.63) is 40.4 Å². The van der Waals surface area contributed by atoms with Gasteiger partial charge in [0.2, 0.25) is 0 Å². The maximum atomic E-state index is 5.96. The van der Waals surface area contributed by atoms with Crippen LogP contribution in [0, 0.1) is 0 Å². The Labute approximate surface area is 127 Å². The second-order valence-corrected chi connectivity index (χ2v) is 5.22. The van der Waals surface area contributed by atoms with Crippen molar-refractivity contribution >= 4 is 21.6 Å². The van der Waals surface area contributed by atoms with Crippen molar-refractivity contribution in [1.82, 2.24) is 0 Å². The Hall–Kier alpha value is -1.68. The Balaban J connectivity index is 2.60. The minimum Gasteiger partial charge on any atom is -0.495 e. The molecule has 0 aliphatic carbocycles. The molecular weight excluding hydrogens is 318 g/mol. The summed E-state index contributed by atoms with van der Waals surface area (Å²) in [5.74, 6) is 1.51. The molecule has 0 radical (unpaired) electrons. The molecule has 2 aromatic rings. The van der Waals surface area contributed by atoms with Gasteiger partial charge in [-0.05, 0) is 57.7 Å². The van der Waals surface area contributed by atoms with Crippen molar-refractivity contribution in [2.45, 2.75) is 13.3 Å². The second kappa shape index (κ2) is 6.18. The van der Waals surface area contributed by atoms with Crippen LogP contribution >= 0.6 is 15.9 Å². The van der Waals surface area contributed by atoms with Gasteiger partial charge in [-0.1, -0.05) is 13.0 Å². The van der Waals surface area contributed by atoms with E-state index in [1.807, 2.05) is 24.3 Å². The standard InChI is InChI=1S/C16H18BrNO2/c1-4-10-9-11(5-7-13(10)18)12-6-8-14(19-2)15(17)16(12)20-3/h5-9H,4,18H2,1-3H3. The van der Waals surface area contributed by atoms with Crippen LogP contribution in [0.3, 0.4) is 0 Å². The zero-order valence-corrected chi connectivity index (χ0v) is 13.5. The maximum absolute atomic E-state index is 5.96. The monoisotopic (exact) mass is 335 g/mol. The Morgan fingerprint density at radius 2 is 1.85 bits per heavy atom. The van der Waals surface area contributed by atoms with Crippen molar-refractivity contribution in [1.29, 1.82) is 0 Å². The third-order valence-corrected chi connectivity index (χ3v) is 4.07. The summed E-state index contributed by atoms with van der Waals surface area (Å²) in [6.45, 7) is 2.09. The van der Waals surface area contributed by atoms with Crippen LogP contribution < -0.4 is 15.2 Å². The number of anilines is 1. The minimum atomic E-state index is 0.747. The Morgan fingerprint density at radius 3 is 2.45 bits per heavy atom. The van der Waals surface area contributed by atoms with Crippen LogP contribution in [-0.2, 0) is 6.42 Å². The van der Waals surface area contributed by atoms with Crippen LogP contribution in [0.25, 0.3) is 11.1 Å². The average Bonchev–Trinajstić information content (AvgIpc) is 2.47. The Bertz CT molecular complexity index is 626. The predicted molar refractivity (Wildman–Crippen MR) is 86.5 cm³/mol. The van der Waals surface area contributed by atoms with Gasteiger partial charge < -0.3 is 15.2 Å². The summed E-state index contributed by atoms with van der Waals surface area (Å²) in [6, 6.07) is 9.96. The molecule has 0 bridgehead atoms. The highest BCUT2D eigenvalue weighted by Crippen LogP contribution is 2.42. The van der Waals surface area contributed by atoms with E-state index in [9.17, 15) is 0 Å². The van der Waals surface area contributed by atoms with Gasteiger partial charge in [0.05, 0.1) is 14.2 Å². The van der Waals surface area contributed by atoms with E-state index >= 15 is 0 Å². The number of benzene rings is 2. The molecule has 0 saturated heterocycles. The van der Waals surface area contributed by atoms with E-state index in [2.05, 4.69) is 28.9 Å². The average molecular weight is 336 g/mol. The van der Waals surface area contributed by atoms with Crippen LogP contribution in [0.15, 0.2) is 34.8 Å². The molecule has 2 rings (SSSR count). The summed E-state index contributed by atoms with van der Waals surface area (Å²) < 4.78 is 11.6. The van der Waals surface area contributed by atoms with E-state index in [4.69, 9.17) is 15.2 Å². The molecule has 0 heterocycles. The van der Waals surface area contributed by atoms with E-state index < -0.39 is 0 Å². The van der Waals surface area contributed by atoms with Crippen molar-refractivity contribution in [3.8, 4) is 22.6 Å². The quantitative estimate of drug-likeness (QED) is 0.848. The summed E-state index contributed by atoms with van der Waals surface area (Å²) in [7, 11) is 3.29. The highest BCUT2D eigenvalue weighted by Gasteiger charge is 2.14. The van der Waals surface area contributed by atoms with E-state index in [-0.39, 0.29) is 0 Å². The fourth-order valence-electron chi connectivity index (χ4n) is 2.20. The van der Waals surface area contributed by atoms with Crippen LogP contribution in [0.2, 0.25) is 0 Å². The number of nitrogens with two attached hydrogens (primary N) is 1. The van der Waals surface area contributed by atoms with E-state index in [1.54, 1.807) is 14.2 Å².